The molecule has 1 nitrogen and oxygen atoms in total. The van der Waals surface area contributed by atoms with Crippen LogP contribution < -0.4 is 5.73 Å². The average molecular weight is 127 g/mol. The number of rotatable bonds is 3. The van der Waals surface area contributed by atoms with Gasteiger partial charge in [0.1, 0.15) is 0 Å². The molecule has 0 heterocycles. The van der Waals surface area contributed by atoms with Crippen LogP contribution in [0.3, 0.4) is 0 Å². The summed E-state index contributed by atoms with van der Waals surface area (Å²) >= 11 is 0. The molecule has 0 amide bonds. The van der Waals surface area contributed by atoms with Crippen LogP contribution >= 0.6 is 0 Å². The maximum atomic E-state index is 5.24. The van der Waals surface area contributed by atoms with Crippen LogP contribution in [0.1, 0.15) is 26.7 Å². The molecule has 0 bridgehead atoms. The second kappa shape index (κ2) is 10.3. The number of allylic oxidation sites excluding steroid dienone is 2. The topological polar surface area (TPSA) is 26.0 Å². The Morgan fingerprint density at radius 3 is 2.11 bits per heavy atom. The molecule has 0 atom stereocenters. The molecule has 0 saturated carbocycles. The van der Waals surface area contributed by atoms with Crippen molar-refractivity contribution in [2.75, 3.05) is 0 Å². The normalized spacial score (nSPS) is 6.89. The fourth-order valence-electron chi connectivity index (χ4n) is 0.287. The molecule has 54 valence electrons. The predicted molar refractivity (Wildman–Crippen MR) is 44.1 cm³/mol. The molecule has 0 radical (unpaired) electrons. The zero-order chi connectivity index (χ0) is 7.70. The summed E-state index contributed by atoms with van der Waals surface area (Å²) in [7, 11) is 0. The summed E-state index contributed by atoms with van der Waals surface area (Å²) in [6.45, 7) is 11.1. The molecule has 0 aromatic heterocycles. The highest BCUT2D eigenvalue weighted by Crippen LogP contribution is 1.93. The lowest BCUT2D eigenvalue weighted by Crippen LogP contribution is -1.92. The molecular formula is C8H17N. The van der Waals surface area contributed by atoms with Crippen LogP contribution in [0, 0.1) is 0 Å². The third-order valence-electron chi connectivity index (χ3n) is 0.670. The van der Waals surface area contributed by atoms with E-state index in [9.17, 15) is 0 Å². The molecule has 0 saturated heterocycles. The van der Waals surface area contributed by atoms with Crippen LogP contribution in [0.15, 0.2) is 24.9 Å². The fourth-order valence-corrected chi connectivity index (χ4v) is 0.287. The summed E-state index contributed by atoms with van der Waals surface area (Å²) in [6.07, 6.45) is 3.64. The largest absolute Gasteiger partial charge is 0.403 e. The minimum Gasteiger partial charge on any atom is -0.403 e. The van der Waals surface area contributed by atoms with Gasteiger partial charge in [0.25, 0.3) is 0 Å². The smallest absolute Gasteiger partial charge is 0.00105 e. The third-order valence-corrected chi connectivity index (χ3v) is 0.670. The Morgan fingerprint density at radius 1 is 1.56 bits per heavy atom. The van der Waals surface area contributed by atoms with Crippen molar-refractivity contribution >= 4 is 0 Å². The second-order valence-electron chi connectivity index (χ2n) is 1.49. The minimum absolute atomic E-state index is 0.736. The molecule has 2 N–H and O–H groups in total. The second-order valence-corrected chi connectivity index (χ2v) is 1.49. The van der Waals surface area contributed by atoms with E-state index < -0.39 is 0 Å². The van der Waals surface area contributed by atoms with Crippen LogP contribution in [0.25, 0.3) is 0 Å². The van der Waals surface area contributed by atoms with Gasteiger partial charge >= 0.3 is 0 Å². The molecule has 0 aliphatic rings. The lowest BCUT2D eigenvalue weighted by atomic mass is 10.3. The SMILES string of the molecule is C=CCCC(=C)N.CC. The Labute approximate surface area is 58.3 Å². The molecule has 0 aromatic carbocycles. The van der Waals surface area contributed by atoms with Gasteiger partial charge in [-0.15, -0.1) is 6.58 Å². The van der Waals surface area contributed by atoms with E-state index >= 15 is 0 Å². The molecule has 0 fully saturated rings. The van der Waals surface area contributed by atoms with Gasteiger partial charge in [0.2, 0.25) is 0 Å². The van der Waals surface area contributed by atoms with Gasteiger partial charge in [-0.25, -0.2) is 0 Å². The van der Waals surface area contributed by atoms with Crippen LogP contribution in [-0.2, 0) is 0 Å². The van der Waals surface area contributed by atoms with Crippen molar-refractivity contribution in [3.8, 4) is 0 Å². The van der Waals surface area contributed by atoms with E-state index in [-0.39, 0.29) is 0 Å². The first kappa shape index (κ1) is 11.1. The zero-order valence-electron chi connectivity index (χ0n) is 6.48. The van der Waals surface area contributed by atoms with Crippen LogP contribution in [-0.4, -0.2) is 0 Å². The predicted octanol–water partition coefficient (Wildman–Crippen LogP) is 2.45. The highest BCUT2D eigenvalue weighted by atomic mass is 14.5. The Morgan fingerprint density at radius 2 is 2.00 bits per heavy atom. The van der Waals surface area contributed by atoms with Gasteiger partial charge in [0.05, 0.1) is 0 Å². The first-order chi connectivity index (χ1) is 4.27. The fraction of sp³-hybridized carbons (Fsp3) is 0.500. The van der Waals surface area contributed by atoms with E-state index in [4.69, 9.17) is 5.73 Å². The number of nitrogens with two attached hydrogens (primary N) is 1. The van der Waals surface area contributed by atoms with Crippen molar-refractivity contribution in [1.82, 2.24) is 0 Å². The summed E-state index contributed by atoms with van der Waals surface area (Å²) in [4.78, 5) is 0. The summed E-state index contributed by atoms with van der Waals surface area (Å²) in [5.41, 5.74) is 5.97. The van der Waals surface area contributed by atoms with E-state index in [1.54, 1.807) is 0 Å². The lowest BCUT2D eigenvalue weighted by Gasteiger charge is -1.89. The van der Waals surface area contributed by atoms with Crippen molar-refractivity contribution in [3.63, 3.8) is 0 Å². The molecule has 0 rings (SSSR count). The molecule has 0 aliphatic heterocycles. The van der Waals surface area contributed by atoms with Crippen molar-refractivity contribution in [2.24, 2.45) is 5.73 Å². The van der Waals surface area contributed by atoms with Gasteiger partial charge in [-0.1, -0.05) is 26.5 Å². The van der Waals surface area contributed by atoms with Gasteiger partial charge in [-0.2, -0.15) is 0 Å². The number of hydrogen-bond donors (Lipinski definition) is 1. The summed E-state index contributed by atoms with van der Waals surface area (Å²) < 4.78 is 0. The molecular weight excluding hydrogens is 110 g/mol. The Kier molecular flexibility index (Phi) is 12.7. The van der Waals surface area contributed by atoms with Crippen molar-refractivity contribution in [1.29, 1.82) is 0 Å². The Hall–Kier alpha value is -0.720. The molecule has 0 aromatic rings. The van der Waals surface area contributed by atoms with Crippen molar-refractivity contribution < 1.29 is 0 Å². The van der Waals surface area contributed by atoms with Gasteiger partial charge in [-0.05, 0) is 12.8 Å². The van der Waals surface area contributed by atoms with E-state index in [1.807, 2.05) is 19.9 Å². The highest BCUT2D eigenvalue weighted by molar-refractivity contribution is 4.88. The van der Waals surface area contributed by atoms with Crippen LogP contribution in [0.4, 0.5) is 0 Å². The third kappa shape index (κ3) is 18.9. The average Bonchev–Trinajstić information content (AvgIpc) is 1.88. The van der Waals surface area contributed by atoms with Crippen LogP contribution in [0.5, 0.6) is 0 Å². The molecule has 9 heavy (non-hydrogen) atoms. The maximum Gasteiger partial charge on any atom is 0.00105 e. The summed E-state index contributed by atoms with van der Waals surface area (Å²) in [5.74, 6) is 0. The molecule has 0 unspecified atom stereocenters. The van der Waals surface area contributed by atoms with Gasteiger partial charge in [-0.3, -0.25) is 0 Å². The molecule has 0 spiro atoms. The Bertz CT molecular complexity index is 74.6. The number of hydrogen-bond acceptors (Lipinski definition) is 1. The van der Waals surface area contributed by atoms with Gasteiger partial charge in [0, 0.05) is 5.70 Å². The maximum absolute atomic E-state index is 5.24. The van der Waals surface area contributed by atoms with Crippen molar-refractivity contribution in [3.05, 3.63) is 24.9 Å². The van der Waals surface area contributed by atoms with Crippen molar-refractivity contribution in [2.45, 2.75) is 26.7 Å². The van der Waals surface area contributed by atoms with E-state index in [2.05, 4.69) is 13.2 Å². The highest BCUT2D eigenvalue weighted by Gasteiger charge is 1.78. The molecule has 1 heteroatoms. The van der Waals surface area contributed by atoms with Gasteiger partial charge < -0.3 is 5.73 Å². The Balaban J connectivity index is 0. The standard InChI is InChI=1S/C6H11N.C2H6/c1-3-4-5-6(2)7;1-2/h3H,1-2,4-5,7H2;1-2H3. The minimum atomic E-state index is 0.736. The quantitative estimate of drug-likeness (QED) is 0.579. The summed E-state index contributed by atoms with van der Waals surface area (Å²) in [5, 5.41) is 0. The first-order valence-corrected chi connectivity index (χ1v) is 3.31. The van der Waals surface area contributed by atoms with Crippen LogP contribution in [0.2, 0.25) is 0 Å². The van der Waals surface area contributed by atoms with Gasteiger partial charge in [0.15, 0.2) is 0 Å². The lowest BCUT2D eigenvalue weighted by molar-refractivity contribution is 0.968. The monoisotopic (exact) mass is 127 g/mol. The first-order valence-electron chi connectivity index (χ1n) is 3.31. The summed E-state index contributed by atoms with van der Waals surface area (Å²) in [6, 6.07) is 0. The van der Waals surface area contributed by atoms with E-state index in [1.165, 1.54) is 0 Å². The zero-order valence-corrected chi connectivity index (χ0v) is 6.48. The van der Waals surface area contributed by atoms with E-state index in [0.717, 1.165) is 18.5 Å². The molecule has 0 aliphatic carbocycles. The van der Waals surface area contributed by atoms with E-state index in [0.29, 0.717) is 0 Å².